The normalized spacial score (nSPS) is 13.9. The summed E-state index contributed by atoms with van der Waals surface area (Å²) in [5.41, 5.74) is -0.906. The molecule has 1 atom stereocenters. The molecule has 0 aliphatic rings. The third-order valence-corrected chi connectivity index (χ3v) is 2.16. The van der Waals surface area contributed by atoms with Crippen LogP contribution in [0.4, 0.5) is 22.0 Å². The van der Waals surface area contributed by atoms with E-state index < -0.39 is 29.8 Å². The molecule has 0 heterocycles. The van der Waals surface area contributed by atoms with Crippen molar-refractivity contribution in [1.82, 2.24) is 0 Å². The third-order valence-electron chi connectivity index (χ3n) is 2.16. The summed E-state index contributed by atoms with van der Waals surface area (Å²) in [5, 5.41) is 9.05. The minimum Gasteiger partial charge on any atom is -0.497 e. The van der Waals surface area contributed by atoms with E-state index in [-0.39, 0.29) is 5.75 Å². The van der Waals surface area contributed by atoms with Crippen LogP contribution in [0.2, 0.25) is 0 Å². The van der Waals surface area contributed by atoms with Crippen LogP contribution in [0.1, 0.15) is 11.7 Å². The lowest BCUT2D eigenvalue weighted by Crippen LogP contribution is -2.34. The van der Waals surface area contributed by atoms with E-state index in [0.29, 0.717) is 0 Å². The highest BCUT2D eigenvalue weighted by molar-refractivity contribution is 5.31. The molecule has 0 spiro atoms. The number of aliphatic hydroxyl groups excluding tert-OH is 1. The first kappa shape index (κ1) is 13.7. The number of hydrogen-bond donors (Lipinski definition) is 1. The first-order chi connectivity index (χ1) is 7.80. The minimum absolute atomic E-state index is 0.0267. The van der Waals surface area contributed by atoms with Crippen molar-refractivity contribution in [2.75, 3.05) is 7.11 Å². The SMILES string of the molecule is COc1ccc(C(O)C(F)(F)C(F)F)c(F)c1. The first-order valence-corrected chi connectivity index (χ1v) is 4.48. The molecule has 0 saturated heterocycles. The highest BCUT2D eigenvalue weighted by Crippen LogP contribution is 2.37. The molecular formula is C10H9F5O2. The van der Waals surface area contributed by atoms with Crippen LogP contribution in [0.3, 0.4) is 0 Å². The van der Waals surface area contributed by atoms with Gasteiger partial charge in [-0.3, -0.25) is 0 Å². The van der Waals surface area contributed by atoms with Crippen molar-refractivity contribution in [2.24, 2.45) is 0 Å². The predicted octanol–water partition coefficient (Wildman–Crippen LogP) is 2.77. The summed E-state index contributed by atoms with van der Waals surface area (Å²) in [6.07, 6.45) is -6.99. The van der Waals surface area contributed by atoms with Gasteiger partial charge in [0.1, 0.15) is 11.6 Å². The number of alkyl halides is 4. The van der Waals surface area contributed by atoms with Gasteiger partial charge >= 0.3 is 12.3 Å². The molecule has 0 fully saturated rings. The van der Waals surface area contributed by atoms with Gasteiger partial charge in [-0.15, -0.1) is 0 Å². The lowest BCUT2D eigenvalue weighted by atomic mass is 10.0. The van der Waals surface area contributed by atoms with Crippen LogP contribution in [0, 0.1) is 5.82 Å². The highest BCUT2D eigenvalue weighted by Gasteiger charge is 2.49. The fourth-order valence-electron chi connectivity index (χ4n) is 1.18. The molecular weight excluding hydrogens is 247 g/mol. The summed E-state index contributed by atoms with van der Waals surface area (Å²) in [6.45, 7) is 0. The van der Waals surface area contributed by atoms with Crippen LogP contribution in [-0.4, -0.2) is 24.6 Å². The summed E-state index contributed by atoms with van der Waals surface area (Å²) >= 11 is 0. The molecule has 2 nitrogen and oxygen atoms in total. The Morgan fingerprint density at radius 2 is 1.88 bits per heavy atom. The number of benzene rings is 1. The molecule has 7 heteroatoms. The van der Waals surface area contributed by atoms with Crippen molar-refractivity contribution in [2.45, 2.75) is 18.5 Å². The number of rotatable bonds is 4. The summed E-state index contributed by atoms with van der Waals surface area (Å²) in [6, 6.07) is 2.58. The van der Waals surface area contributed by atoms with Crippen LogP contribution in [0.15, 0.2) is 18.2 Å². The maximum absolute atomic E-state index is 13.3. The first-order valence-electron chi connectivity index (χ1n) is 4.48. The molecule has 1 aromatic carbocycles. The van der Waals surface area contributed by atoms with Gasteiger partial charge in [0.25, 0.3) is 0 Å². The molecule has 0 amide bonds. The Labute approximate surface area is 93.6 Å². The van der Waals surface area contributed by atoms with E-state index in [1.54, 1.807) is 0 Å². The second-order valence-corrected chi connectivity index (χ2v) is 3.27. The fraction of sp³-hybridized carbons (Fsp3) is 0.400. The molecule has 0 saturated carbocycles. The topological polar surface area (TPSA) is 29.5 Å². The van der Waals surface area contributed by atoms with Gasteiger partial charge in [0.15, 0.2) is 6.10 Å². The van der Waals surface area contributed by atoms with Crippen LogP contribution in [0.25, 0.3) is 0 Å². The van der Waals surface area contributed by atoms with Crippen LogP contribution < -0.4 is 4.74 Å². The Kier molecular flexibility index (Phi) is 3.92. The van der Waals surface area contributed by atoms with E-state index in [4.69, 9.17) is 5.11 Å². The molecule has 0 aliphatic carbocycles. The smallest absolute Gasteiger partial charge is 0.336 e. The van der Waals surface area contributed by atoms with Gasteiger partial charge in [0.2, 0.25) is 0 Å². The fourth-order valence-corrected chi connectivity index (χ4v) is 1.18. The Hall–Kier alpha value is -1.37. The van der Waals surface area contributed by atoms with Crippen molar-refractivity contribution in [3.05, 3.63) is 29.6 Å². The van der Waals surface area contributed by atoms with E-state index >= 15 is 0 Å². The zero-order chi connectivity index (χ0) is 13.2. The molecule has 96 valence electrons. The predicted molar refractivity (Wildman–Crippen MR) is 48.9 cm³/mol. The minimum atomic E-state index is -4.71. The Balaban J connectivity index is 3.08. The lowest BCUT2D eigenvalue weighted by molar-refractivity contribution is -0.194. The zero-order valence-corrected chi connectivity index (χ0v) is 8.63. The Morgan fingerprint density at radius 1 is 1.29 bits per heavy atom. The average molecular weight is 256 g/mol. The molecule has 0 bridgehead atoms. The van der Waals surface area contributed by atoms with Gasteiger partial charge in [0.05, 0.1) is 7.11 Å². The molecule has 1 rings (SSSR count). The van der Waals surface area contributed by atoms with Gasteiger partial charge < -0.3 is 9.84 Å². The second kappa shape index (κ2) is 4.87. The monoisotopic (exact) mass is 256 g/mol. The van der Waals surface area contributed by atoms with E-state index in [9.17, 15) is 22.0 Å². The van der Waals surface area contributed by atoms with Crippen molar-refractivity contribution in [1.29, 1.82) is 0 Å². The summed E-state index contributed by atoms with van der Waals surface area (Å²) < 4.78 is 67.4. The van der Waals surface area contributed by atoms with Crippen molar-refractivity contribution >= 4 is 0 Å². The van der Waals surface area contributed by atoms with Gasteiger partial charge in [-0.2, -0.15) is 8.78 Å². The molecule has 0 aliphatic heterocycles. The summed E-state index contributed by atoms with van der Waals surface area (Å²) in [7, 11) is 1.22. The molecule has 1 N–H and O–H groups in total. The molecule has 17 heavy (non-hydrogen) atoms. The van der Waals surface area contributed by atoms with Crippen molar-refractivity contribution < 1.29 is 31.8 Å². The second-order valence-electron chi connectivity index (χ2n) is 3.27. The van der Waals surface area contributed by atoms with E-state index in [0.717, 1.165) is 18.2 Å². The maximum Gasteiger partial charge on any atom is 0.336 e. The van der Waals surface area contributed by atoms with E-state index in [2.05, 4.69) is 4.74 Å². The standard InChI is InChI=1S/C10H9F5O2/c1-17-5-2-3-6(7(11)4-5)8(16)10(14,15)9(12)13/h2-4,8-9,16H,1H3. The third kappa shape index (κ3) is 2.66. The summed E-state index contributed by atoms with van der Waals surface area (Å²) in [5.74, 6) is -5.92. The Bertz CT molecular complexity index is 394. The van der Waals surface area contributed by atoms with Crippen molar-refractivity contribution in [3.8, 4) is 5.75 Å². The van der Waals surface area contributed by atoms with Gasteiger partial charge in [-0.1, -0.05) is 0 Å². The van der Waals surface area contributed by atoms with Crippen LogP contribution >= 0.6 is 0 Å². The summed E-state index contributed by atoms with van der Waals surface area (Å²) in [4.78, 5) is 0. The van der Waals surface area contributed by atoms with Gasteiger partial charge in [0, 0.05) is 11.6 Å². The van der Waals surface area contributed by atoms with E-state index in [1.165, 1.54) is 7.11 Å². The quantitative estimate of drug-likeness (QED) is 0.839. The largest absolute Gasteiger partial charge is 0.497 e. The number of hydrogen-bond acceptors (Lipinski definition) is 2. The molecule has 1 unspecified atom stereocenters. The maximum atomic E-state index is 13.3. The molecule has 1 aromatic rings. The van der Waals surface area contributed by atoms with Crippen LogP contribution in [-0.2, 0) is 0 Å². The van der Waals surface area contributed by atoms with Gasteiger partial charge in [-0.05, 0) is 12.1 Å². The van der Waals surface area contributed by atoms with Gasteiger partial charge in [-0.25, -0.2) is 13.2 Å². The van der Waals surface area contributed by atoms with E-state index in [1.807, 2.05) is 0 Å². The number of aliphatic hydroxyl groups is 1. The number of methoxy groups -OCH3 is 1. The lowest BCUT2D eigenvalue weighted by Gasteiger charge is -2.22. The zero-order valence-electron chi connectivity index (χ0n) is 8.63. The number of ether oxygens (including phenoxy) is 1. The molecule has 0 aromatic heterocycles. The highest BCUT2D eigenvalue weighted by atomic mass is 19.3. The number of halogens is 5. The average Bonchev–Trinajstić information content (AvgIpc) is 2.27. The Morgan fingerprint density at radius 3 is 2.29 bits per heavy atom. The van der Waals surface area contributed by atoms with Crippen molar-refractivity contribution in [3.63, 3.8) is 0 Å². The molecule has 0 radical (unpaired) electrons. The van der Waals surface area contributed by atoms with Crippen LogP contribution in [0.5, 0.6) is 5.75 Å².